The molecule has 2 aliphatic rings. The average molecular weight is 374 g/mol. The van der Waals surface area contributed by atoms with E-state index in [1.54, 1.807) is 0 Å². The molecule has 4 N–H and O–H groups in total. The highest BCUT2D eigenvalue weighted by Gasteiger charge is 2.40. The van der Waals surface area contributed by atoms with Gasteiger partial charge >= 0.3 is 0 Å². The van der Waals surface area contributed by atoms with E-state index in [4.69, 9.17) is 16.2 Å². The molecule has 4 nitrogen and oxygen atoms in total. The lowest BCUT2D eigenvalue weighted by molar-refractivity contribution is -0.0374. The first-order chi connectivity index (χ1) is 13.0. The third-order valence-corrected chi connectivity index (χ3v) is 7.07. The molecule has 1 saturated heterocycles. The fourth-order valence-electron chi connectivity index (χ4n) is 5.33. The molecule has 0 amide bonds. The van der Waals surface area contributed by atoms with Crippen LogP contribution in [0.3, 0.4) is 0 Å². The van der Waals surface area contributed by atoms with Gasteiger partial charge in [-0.3, -0.25) is 4.90 Å². The van der Waals surface area contributed by atoms with E-state index in [0.717, 1.165) is 24.4 Å². The summed E-state index contributed by atoms with van der Waals surface area (Å²) < 4.78 is 6.02. The predicted octanol–water partition coefficient (Wildman–Crippen LogP) is 4.86. The lowest BCUT2D eigenvalue weighted by Crippen LogP contribution is -2.54. The zero-order chi connectivity index (χ0) is 19.4. The standard InChI is InChI=1S/C23H39N3O/c1-4-14-27-19-6-10-23(5-2,11-7-19)26-12-8-18(9-13-26)20-15-17(3)16-21(24)22(20)25/h15-16,18-19H,4-14,24-25H2,1-3H3. The molecule has 1 aromatic carbocycles. The first-order valence-electron chi connectivity index (χ1n) is 11.0. The van der Waals surface area contributed by atoms with E-state index in [-0.39, 0.29) is 0 Å². The molecule has 1 aliphatic carbocycles. The maximum Gasteiger partial charge on any atom is 0.0583 e. The maximum absolute atomic E-state index is 6.31. The summed E-state index contributed by atoms with van der Waals surface area (Å²) in [7, 11) is 0. The molecule has 0 spiro atoms. The second-order valence-electron chi connectivity index (χ2n) is 8.77. The fraction of sp³-hybridized carbons (Fsp3) is 0.739. The zero-order valence-electron chi connectivity index (χ0n) is 17.6. The number of nitrogens with two attached hydrogens (primary N) is 2. The van der Waals surface area contributed by atoms with Crippen molar-refractivity contribution in [3.05, 3.63) is 23.3 Å². The van der Waals surface area contributed by atoms with E-state index in [1.165, 1.54) is 69.2 Å². The Morgan fingerprint density at radius 2 is 1.74 bits per heavy atom. The number of rotatable bonds is 6. The Morgan fingerprint density at radius 1 is 1.07 bits per heavy atom. The number of hydrogen-bond acceptors (Lipinski definition) is 4. The van der Waals surface area contributed by atoms with E-state index in [9.17, 15) is 0 Å². The fourth-order valence-corrected chi connectivity index (χ4v) is 5.33. The van der Waals surface area contributed by atoms with Crippen LogP contribution in [0, 0.1) is 6.92 Å². The summed E-state index contributed by atoms with van der Waals surface area (Å²) >= 11 is 0. The Kier molecular flexibility index (Phi) is 6.69. The molecule has 0 atom stereocenters. The number of nitrogens with zero attached hydrogens (tertiary/aromatic N) is 1. The maximum atomic E-state index is 6.31. The van der Waals surface area contributed by atoms with Gasteiger partial charge in [-0.1, -0.05) is 19.9 Å². The molecule has 0 bridgehead atoms. The van der Waals surface area contributed by atoms with Crippen LogP contribution >= 0.6 is 0 Å². The second-order valence-corrected chi connectivity index (χ2v) is 8.77. The number of nitrogen functional groups attached to an aromatic ring is 2. The normalized spacial score (nSPS) is 27.7. The molecule has 0 radical (unpaired) electrons. The van der Waals surface area contributed by atoms with Gasteiger partial charge in [0.2, 0.25) is 0 Å². The van der Waals surface area contributed by atoms with Crippen molar-refractivity contribution in [2.24, 2.45) is 0 Å². The summed E-state index contributed by atoms with van der Waals surface area (Å²) in [4.78, 5) is 2.79. The molecule has 3 rings (SSSR count). The van der Waals surface area contributed by atoms with Gasteiger partial charge in [0.25, 0.3) is 0 Å². The first kappa shape index (κ1) is 20.5. The minimum atomic E-state index is 0.383. The Hall–Kier alpha value is -1.26. The van der Waals surface area contributed by atoms with Crippen molar-refractivity contribution in [2.45, 2.75) is 89.7 Å². The van der Waals surface area contributed by atoms with Gasteiger partial charge in [0.1, 0.15) is 0 Å². The number of benzene rings is 1. The van der Waals surface area contributed by atoms with Gasteiger partial charge in [0, 0.05) is 12.1 Å². The van der Waals surface area contributed by atoms with Crippen molar-refractivity contribution in [2.75, 3.05) is 31.2 Å². The number of aryl methyl sites for hydroxylation is 1. The van der Waals surface area contributed by atoms with Gasteiger partial charge in [0.05, 0.1) is 17.5 Å². The van der Waals surface area contributed by atoms with Gasteiger partial charge in [-0.25, -0.2) is 0 Å². The van der Waals surface area contributed by atoms with Crippen molar-refractivity contribution in [1.82, 2.24) is 4.90 Å². The lowest BCUT2D eigenvalue weighted by atomic mass is 9.75. The highest BCUT2D eigenvalue weighted by atomic mass is 16.5. The van der Waals surface area contributed by atoms with Crippen LogP contribution in [0.1, 0.15) is 82.3 Å². The Labute approximate surface area is 165 Å². The summed E-state index contributed by atoms with van der Waals surface area (Å²) in [5.74, 6) is 0.543. The number of ether oxygens (including phenoxy) is 1. The quantitative estimate of drug-likeness (QED) is 0.699. The van der Waals surface area contributed by atoms with E-state index < -0.39 is 0 Å². The van der Waals surface area contributed by atoms with Gasteiger partial charge < -0.3 is 16.2 Å². The number of hydrogen-bond donors (Lipinski definition) is 2. The molecule has 1 aliphatic heterocycles. The topological polar surface area (TPSA) is 64.5 Å². The summed E-state index contributed by atoms with van der Waals surface area (Å²) in [5, 5.41) is 0. The van der Waals surface area contributed by atoms with Crippen LogP contribution in [0.25, 0.3) is 0 Å². The largest absolute Gasteiger partial charge is 0.397 e. The zero-order valence-corrected chi connectivity index (χ0v) is 17.6. The van der Waals surface area contributed by atoms with E-state index in [2.05, 4.69) is 31.7 Å². The monoisotopic (exact) mass is 373 g/mol. The second kappa shape index (κ2) is 8.83. The van der Waals surface area contributed by atoms with Crippen LogP contribution in [0.4, 0.5) is 11.4 Å². The molecule has 1 heterocycles. The number of likely N-dealkylation sites (tertiary alicyclic amines) is 1. The Balaban J connectivity index is 1.61. The summed E-state index contributed by atoms with van der Waals surface area (Å²) in [6.07, 6.45) is 10.2. The molecular formula is C23H39N3O. The van der Waals surface area contributed by atoms with Crippen LogP contribution in [0.2, 0.25) is 0 Å². The summed E-state index contributed by atoms with van der Waals surface area (Å²) in [5.41, 5.74) is 16.8. The molecule has 152 valence electrons. The highest BCUT2D eigenvalue weighted by molar-refractivity contribution is 5.69. The van der Waals surface area contributed by atoms with E-state index in [0.29, 0.717) is 17.6 Å². The van der Waals surface area contributed by atoms with Gasteiger partial charge in [-0.2, -0.15) is 0 Å². The highest BCUT2D eigenvalue weighted by Crippen LogP contribution is 2.42. The Morgan fingerprint density at radius 3 is 2.33 bits per heavy atom. The lowest BCUT2D eigenvalue weighted by Gasteiger charge is -2.50. The third-order valence-electron chi connectivity index (χ3n) is 7.07. The molecular weight excluding hydrogens is 334 g/mol. The van der Waals surface area contributed by atoms with Crippen molar-refractivity contribution in [1.29, 1.82) is 0 Å². The van der Waals surface area contributed by atoms with Crippen LogP contribution in [0.15, 0.2) is 12.1 Å². The third kappa shape index (κ3) is 4.43. The molecule has 2 fully saturated rings. The minimum absolute atomic E-state index is 0.383. The van der Waals surface area contributed by atoms with Gasteiger partial charge in [0.15, 0.2) is 0 Å². The van der Waals surface area contributed by atoms with Crippen LogP contribution in [-0.2, 0) is 4.74 Å². The smallest absolute Gasteiger partial charge is 0.0583 e. The molecule has 1 saturated carbocycles. The van der Waals surface area contributed by atoms with E-state index in [1.807, 2.05) is 6.07 Å². The van der Waals surface area contributed by atoms with Gasteiger partial charge in [-0.15, -0.1) is 0 Å². The van der Waals surface area contributed by atoms with Crippen molar-refractivity contribution in [3.63, 3.8) is 0 Å². The molecule has 27 heavy (non-hydrogen) atoms. The summed E-state index contributed by atoms with van der Waals surface area (Å²) in [6, 6.07) is 4.23. The SMILES string of the molecule is CCCOC1CCC(CC)(N2CCC(c3cc(C)cc(N)c3N)CC2)CC1. The van der Waals surface area contributed by atoms with Crippen LogP contribution in [0.5, 0.6) is 0 Å². The molecule has 0 unspecified atom stereocenters. The van der Waals surface area contributed by atoms with Crippen LogP contribution in [-0.4, -0.2) is 36.2 Å². The first-order valence-corrected chi connectivity index (χ1v) is 11.0. The summed E-state index contributed by atoms with van der Waals surface area (Å²) in [6.45, 7) is 9.94. The van der Waals surface area contributed by atoms with Crippen molar-refractivity contribution >= 4 is 11.4 Å². The van der Waals surface area contributed by atoms with Crippen molar-refractivity contribution in [3.8, 4) is 0 Å². The molecule has 0 aromatic heterocycles. The molecule has 1 aromatic rings. The predicted molar refractivity (Wildman–Crippen MR) is 115 cm³/mol. The van der Waals surface area contributed by atoms with Crippen molar-refractivity contribution < 1.29 is 4.74 Å². The Bertz CT molecular complexity index is 614. The number of anilines is 2. The van der Waals surface area contributed by atoms with E-state index >= 15 is 0 Å². The van der Waals surface area contributed by atoms with Gasteiger partial charge in [-0.05, 0) is 94.5 Å². The number of piperidine rings is 1. The van der Waals surface area contributed by atoms with Crippen LogP contribution < -0.4 is 11.5 Å². The molecule has 4 heteroatoms. The minimum Gasteiger partial charge on any atom is -0.397 e. The average Bonchev–Trinajstić information content (AvgIpc) is 2.70.